The van der Waals surface area contributed by atoms with Gasteiger partial charge in [-0.2, -0.15) is 17.4 Å². The summed E-state index contributed by atoms with van der Waals surface area (Å²) in [5.41, 5.74) is 1.00. The van der Waals surface area contributed by atoms with Crippen LogP contribution in [0.2, 0.25) is 0 Å². The van der Waals surface area contributed by atoms with Gasteiger partial charge in [0, 0.05) is 25.1 Å². The molecule has 5 nitrogen and oxygen atoms in total. The molecule has 0 bridgehead atoms. The number of furan rings is 1. The Morgan fingerprint density at radius 3 is 2.83 bits per heavy atom. The Morgan fingerprint density at radius 1 is 1.28 bits per heavy atom. The molecule has 1 atom stereocenters. The van der Waals surface area contributed by atoms with Crippen LogP contribution in [0.3, 0.4) is 0 Å². The van der Waals surface area contributed by atoms with Gasteiger partial charge in [0.15, 0.2) is 0 Å². The molecule has 1 saturated heterocycles. The minimum atomic E-state index is -3.34. The zero-order chi connectivity index (χ0) is 12.6. The van der Waals surface area contributed by atoms with Crippen LogP contribution in [0, 0.1) is 0 Å². The van der Waals surface area contributed by atoms with Crippen molar-refractivity contribution in [2.75, 3.05) is 13.1 Å². The molecule has 0 radical (unpaired) electrons. The first-order valence-corrected chi connectivity index (χ1v) is 7.94. The lowest BCUT2D eigenvalue weighted by Crippen LogP contribution is -2.41. The van der Waals surface area contributed by atoms with Crippen LogP contribution < -0.4 is 4.72 Å². The molecule has 2 heterocycles. The van der Waals surface area contributed by atoms with Gasteiger partial charge in [-0.15, -0.1) is 0 Å². The summed E-state index contributed by atoms with van der Waals surface area (Å²) >= 11 is 0. The molecule has 0 aromatic carbocycles. The van der Waals surface area contributed by atoms with Gasteiger partial charge in [-0.25, -0.2) is 0 Å². The number of fused-ring (bicyclic) bond motifs is 1. The van der Waals surface area contributed by atoms with E-state index in [1.165, 1.54) is 0 Å². The molecule has 1 aliphatic carbocycles. The topological polar surface area (TPSA) is 62.6 Å². The molecule has 0 spiro atoms. The predicted molar refractivity (Wildman–Crippen MR) is 67.2 cm³/mol. The number of nitrogens with one attached hydrogen (secondary N) is 1. The number of hydrogen-bond donors (Lipinski definition) is 1. The molecular weight excluding hydrogens is 252 g/mol. The number of nitrogens with zero attached hydrogens (tertiary/aromatic N) is 1. The minimum absolute atomic E-state index is 0.127. The second-order valence-corrected chi connectivity index (χ2v) is 6.68. The quantitative estimate of drug-likeness (QED) is 0.907. The smallest absolute Gasteiger partial charge is 0.280 e. The van der Waals surface area contributed by atoms with Crippen LogP contribution in [0.4, 0.5) is 0 Å². The van der Waals surface area contributed by atoms with E-state index in [0.717, 1.165) is 43.4 Å². The lowest BCUT2D eigenvalue weighted by atomic mass is 9.94. The van der Waals surface area contributed by atoms with Crippen LogP contribution >= 0.6 is 0 Å². The summed E-state index contributed by atoms with van der Waals surface area (Å²) in [7, 11) is -3.34. The molecule has 3 rings (SSSR count). The molecule has 1 aromatic heterocycles. The normalized spacial score (nSPS) is 25.2. The van der Waals surface area contributed by atoms with E-state index in [1.807, 2.05) is 6.07 Å². The van der Waals surface area contributed by atoms with Gasteiger partial charge in [0.05, 0.1) is 12.3 Å². The molecule has 0 saturated carbocycles. The van der Waals surface area contributed by atoms with Gasteiger partial charge < -0.3 is 4.42 Å². The summed E-state index contributed by atoms with van der Waals surface area (Å²) in [5.74, 6) is 0.926. The van der Waals surface area contributed by atoms with E-state index in [2.05, 4.69) is 4.72 Å². The Morgan fingerprint density at radius 2 is 2.06 bits per heavy atom. The lowest BCUT2D eigenvalue weighted by molar-refractivity contribution is 0.418. The monoisotopic (exact) mass is 270 g/mol. The summed E-state index contributed by atoms with van der Waals surface area (Å²) < 4.78 is 34.2. The summed E-state index contributed by atoms with van der Waals surface area (Å²) in [4.78, 5) is 0. The first-order chi connectivity index (χ1) is 8.67. The molecule has 1 N–H and O–H groups in total. The third kappa shape index (κ3) is 2.20. The Labute approximate surface area is 107 Å². The maximum atomic E-state index is 12.2. The highest BCUT2D eigenvalue weighted by atomic mass is 32.2. The van der Waals surface area contributed by atoms with Crippen LogP contribution in [-0.4, -0.2) is 25.8 Å². The van der Waals surface area contributed by atoms with E-state index >= 15 is 0 Å². The van der Waals surface area contributed by atoms with Gasteiger partial charge in [-0.1, -0.05) is 0 Å². The minimum Gasteiger partial charge on any atom is -0.469 e. The molecule has 0 unspecified atom stereocenters. The largest absolute Gasteiger partial charge is 0.469 e. The van der Waals surface area contributed by atoms with Crippen molar-refractivity contribution in [3.8, 4) is 0 Å². The second-order valence-electron chi connectivity index (χ2n) is 4.97. The van der Waals surface area contributed by atoms with Crippen LogP contribution in [0.15, 0.2) is 16.7 Å². The van der Waals surface area contributed by atoms with E-state index in [4.69, 9.17) is 4.42 Å². The van der Waals surface area contributed by atoms with Crippen LogP contribution in [0.1, 0.15) is 43.0 Å². The van der Waals surface area contributed by atoms with Crippen molar-refractivity contribution in [1.82, 2.24) is 9.03 Å². The zero-order valence-corrected chi connectivity index (χ0v) is 11.1. The van der Waals surface area contributed by atoms with Gasteiger partial charge in [0.1, 0.15) is 5.76 Å². The predicted octanol–water partition coefficient (Wildman–Crippen LogP) is 1.59. The fraction of sp³-hybridized carbons (Fsp3) is 0.667. The van der Waals surface area contributed by atoms with E-state index in [9.17, 15) is 8.42 Å². The summed E-state index contributed by atoms with van der Waals surface area (Å²) in [6, 6.07) is 1.75. The highest BCUT2D eigenvalue weighted by Crippen LogP contribution is 2.31. The van der Waals surface area contributed by atoms with Gasteiger partial charge in [0.2, 0.25) is 0 Å². The fourth-order valence-electron chi connectivity index (χ4n) is 2.79. The van der Waals surface area contributed by atoms with Crippen molar-refractivity contribution in [2.24, 2.45) is 0 Å². The third-order valence-corrected chi connectivity index (χ3v) is 5.38. The maximum Gasteiger partial charge on any atom is 0.280 e. The van der Waals surface area contributed by atoms with Gasteiger partial charge in [-0.05, 0) is 31.7 Å². The lowest BCUT2D eigenvalue weighted by Gasteiger charge is -2.25. The molecule has 18 heavy (non-hydrogen) atoms. The standard InChI is InChI=1S/C12H18N2O3S/c15-18(16,14-7-1-2-8-14)13-11-4-3-5-12-10(11)6-9-17-12/h6,9,11,13H,1-5,7-8H2/t11-/m0/s1. The second kappa shape index (κ2) is 4.68. The SMILES string of the molecule is O=S(=O)(N[C@H]1CCCc2occc21)N1CCCC1. The van der Waals surface area contributed by atoms with Crippen LogP contribution in [-0.2, 0) is 16.6 Å². The van der Waals surface area contributed by atoms with E-state index in [0.29, 0.717) is 13.1 Å². The highest BCUT2D eigenvalue weighted by Gasteiger charge is 2.31. The Kier molecular flexibility index (Phi) is 3.17. The van der Waals surface area contributed by atoms with Crippen molar-refractivity contribution in [1.29, 1.82) is 0 Å². The number of rotatable bonds is 3. The Balaban J connectivity index is 1.78. The molecule has 0 amide bonds. The fourth-order valence-corrected chi connectivity index (χ4v) is 4.28. The molecular formula is C12H18N2O3S. The summed E-state index contributed by atoms with van der Waals surface area (Å²) in [5, 5.41) is 0. The molecule has 1 aromatic rings. The summed E-state index contributed by atoms with van der Waals surface area (Å²) in [6.45, 7) is 1.28. The average Bonchev–Trinajstić information content (AvgIpc) is 3.00. The van der Waals surface area contributed by atoms with Crippen molar-refractivity contribution < 1.29 is 12.8 Å². The average molecular weight is 270 g/mol. The first-order valence-electron chi connectivity index (χ1n) is 6.50. The number of hydrogen-bond acceptors (Lipinski definition) is 3. The molecule has 6 heteroatoms. The Hall–Kier alpha value is -0.850. The van der Waals surface area contributed by atoms with Gasteiger partial charge in [0.25, 0.3) is 10.2 Å². The van der Waals surface area contributed by atoms with E-state index < -0.39 is 10.2 Å². The van der Waals surface area contributed by atoms with Crippen molar-refractivity contribution >= 4 is 10.2 Å². The first kappa shape index (κ1) is 12.2. The third-order valence-electron chi connectivity index (χ3n) is 3.75. The zero-order valence-electron chi connectivity index (χ0n) is 10.3. The molecule has 1 aliphatic heterocycles. The van der Waals surface area contributed by atoms with Crippen molar-refractivity contribution in [3.63, 3.8) is 0 Å². The van der Waals surface area contributed by atoms with Gasteiger partial charge >= 0.3 is 0 Å². The highest BCUT2D eigenvalue weighted by molar-refractivity contribution is 7.87. The van der Waals surface area contributed by atoms with Crippen molar-refractivity contribution in [2.45, 2.75) is 38.1 Å². The van der Waals surface area contributed by atoms with E-state index in [1.54, 1.807) is 10.6 Å². The molecule has 2 aliphatic rings. The summed E-state index contributed by atoms with van der Waals surface area (Å²) in [6.07, 6.45) is 6.29. The number of aryl methyl sites for hydroxylation is 1. The molecule has 100 valence electrons. The maximum absolute atomic E-state index is 12.2. The van der Waals surface area contributed by atoms with E-state index in [-0.39, 0.29) is 6.04 Å². The molecule has 1 fully saturated rings. The van der Waals surface area contributed by atoms with Crippen molar-refractivity contribution in [3.05, 3.63) is 23.7 Å². The van der Waals surface area contributed by atoms with Crippen LogP contribution in [0.25, 0.3) is 0 Å². The van der Waals surface area contributed by atoms with Gasteiger partial charge in [-0.3, -0.25) is 0 Å². The van der Waals surface area contributed by atoms with Crippen LogP contribution in [0.5, 0.6) is 0 Å². The Bertz CT molecular complexity index is 517.